The maximum Gasteiger partial charge on any atom is 0.291 e. The predicted molar refractivity (Wildman–Crippen MR) is 80.1 cm³/mol. The molecule has 0 aliphatic heterocycles. The normalized spacial score (nSPS) is 10.1. The minimum Gasteiger partial charge on any atom is -0.436 e. The number of carbonyl (C=O) groups is 1. The molecule has 0 atom stereocenters. The van der Waals surface area contributed by atoms with E-state index in [0.717, 1.165) is 10.4 Å². The van der Waals surface area contributed by atoms with Gasteiger partial charge in [0.2, 0.25) is 5.76 Å². The largest absolute Gasteiger partial charge is 0.436 e. The van der Waals surface area contributed by atoms with Crippen LogP contribution in [0.2, 0.25) is 0 Å². The van der Waals surface area contributed by atoms with Crippen molar-refractivity contribution in [2.24, 2.45) is 0 Å². The van der Waals surface area contributed by atoms with Gasteiger partial charge < -0.3 is 14.4 Å². The Morgan fingerprint density at radius 1 is 1.52 bits per heavy atom. The van der Waals surface area contributed by atoms with Gasteiger partial charge in [0.1, 0.15) is 6.61 Å². The molecule has 0 radical (unpaired) electrons. The summed E-state index contributed by atoms with van der Waals surface area (Å²) in [7, 11) is 1.72. The molecule has 5 nitrogen and oxygen atoms in total. The van der Waals surface area contributed by atoms with Gasteiger partial charge in [0.15, 0.2) is 5.89 Å². The molecular weight excluding hydrogens is 288 g/mol. The van der Waals surface area contributed by atoms with Gasteiger partial charge in [-0.15, -0.1) is 11.3 Å². The van der Waals surface area contributed by atoms with Gasteiger partial charge in [-0.2, -0.15) is 0 Å². The number of aliphatic hydroxyl groups excluding tert-OH is 1. The molecule has 1 amide bonds. The summed E-state index contributed by atoms with van der Waals surface area (Å²) in [6, 6.07) is 1.91. The average molecular weight is 304 g/mol. The van der Waals surface area contributed by atoms with Gasteiger partial charge in [-0.1, -0.05) is 11.8 Å². The van der Waals surface area contributed by atoms with Crippen molar-refractivity contribution in [1.82, 2.24) is 9.88 Å². The second kappa shape index (κ2) is 6.57. The molecule has 2 heterocycles. The summed E-state index contributed by atoms with van der Waals surface area (Å²) in [4.78, 5) is 18.9. The summed E-state index contributed by atoms with van der Waals surface area (Å²) in [6.07, 6.45) is 0. The first kappa shape index (κ1) is 15.3. The van der Waals surface area contributed by atoms with Crippen LogP contribution in [0.4, 0.5) is 0 Å². The summed E-state index contributed by atoms with van der Waals surface area (Å²) in [6.45, 7) is 3.78. The molecule has 2 aromatic rings. The van der Waals surface area contributed by atoms with Crippen molar-refractivity contribution in [3.05, 3.63) is 39.2 Å². The summed E-state index contributed by atoms with van der Waals surface area (Å²) < 4.78 is 5.34. The maximum absolute atomic E-state index is 12.3. The lowest BCUT2D eigenvalue weighted by Crippen LogP contribution is -2.26. The van der Waals surface area contributed by atoms with Crippen molar-refractivity contribution in [3.63, 3.8) is 0 Å². The smallest absolute Gasteiger partial charge is 0.291 e. The molecule has 2 aromatic heterocycles. The van der Waals surface area contributed by atoms with E-state index in [1.54, 1.807) is 25.8 Å². The van der Waals surface area contributed by atoms with Gasteiger partial charge in [-0.05, 0) is 23.9 Å². The molecule has 0 spiro atoms. The zero-order valence-corrected chi connectivity index (χ0v) is 13.0. The van der Waals surface area contributed by atoms with Gasteiger partial charge in [-0.3, -0.25) is 4.79 Å². The van der Waals surface area contributed by atoms with E-state index < -0.39 is 0 Å². The summed E-state index contributed by atoms with van der Waals surface area (Å²) >= 11 is 1.49. The topological polar surface area (TPSA) is 66.6 Å². The monoisotopic (exact) mass is 304 g/mol. The van der Waals surface area contributed by atoms with Crippen LogP contribution in [0.1, 0.15) is 32.6 Å². The molecule has 2 rings (SSSR count). The van der Waals surface area contributed by atoms with Crippen LogP contribution >= 0.6 is 11.3 Å². The number of aromatic nitrogens is 1. The molecule has 110 valence electrons. The SMILES string of the molecule is Cc1nc(C)c(C(=O)N(C)Cc2csc(C#CCO)c2)o1. The third-order valence-electron chi connectivity index (χ3n) is 2.81. The van der Waals surface area contributed by atoms with Gasteiger partial charge in [0.05, 0.1) is 10.6 Å². The van der Waals surface area contributed by atoms with Gasteiger partial charge >= 0.3 is 0 Å². The minimum atomic E-state index is -0.192. The second-order valence-electron chi connectivity index (χ2n) is 4.59. The lowest BCUT2D eigenvalue weighted by atomic mass is 10.2. The van der Waals surface area contributed by atoms with Crippen molar-refractivity contribution in [2.75, 3.05) is 13.7 Å². The number of amides is 1. The van der Waals surface area contributed by atoms with Crippen LogP contribution in [0, 0.1) is 25.7 Å². The third-order valence-corrected chi connectivity index (χ3v) is 3.70. The standard InChI is InChI=1S/C15H16N2O3S/c1-10-14(20-11(2)16-10)15(19)17(3)8-12-7-13(21-9-12)5-4-6-18/h7,9,18H,6,8H2,1-3H3. The first-order chi connectivity index (χ1) is 10.0. The molecule has 0 saturated carbocycles. The van der Waals surface area contributed by atoms with E-state index in [-0.39, 0.29) is 18.3 Å². The molecule has 0 bridgehead atoms. The molecule has 0 aliphatic rings. The van der Waals surface area contributed by atoms with Crippen molar-refractivity contribution in [2.45, 2.75) is 20.4 Å². The van der Waals surface area contributed by atoms with Crippen LogP contribution in [0.5, 0.6) is 0 Å². The zero-order chi connectivity index (χ0) is 15.4. The number of hydrogen-bond donors (Lipinski definition) is 1. The Morgan fingerprint density at radius 3 is 2.90 bits per heavy atom. The lowest BCUT2D eigenvalue weighted by molar-refractivity contribution is 0.0751. The Balaban J connectivity index is 2.07. The van der Waals surface area contributed by atoms with E-state index in [4.69, 9.17) is 9.52 Å². The number of aliphatic hydroxyl groups is 1. The number of aryl methyl sites for hydroxylation is 2. The van der Waals surface area contributed by atoms with Gasteiger partial charge in [0.25, 0.3) is 5.91 Å². The second-order valence-corrected chi connectivity index (χ2v) is 5.50. The summed E-state index contributed by atoms with van der Waals surface area (Å²) in [5.41, 5.74) is 1.59. The van der Waals surface area contributed by atoms with E-state index in [9.17, 15) is 4.79 Å². The third kappa shape index (κ3) is 3.72. The maximum atomic E-state index is 12.3. The number of rotatable bonds is 3. The van der Waals surface area contributed by atoms with Crippen LogP contribution in [0.25, 0.3) is 0 Å². The molecule has 0 fully saturated rings. The summed E-state index contributed by atoms with van der Waals surface area (Å²) in [5, 5.41) is 10.6. The van der Waals surface area contributed by atoms with Crippen LogP contribution < -0.4 is 0 Å². The molecule has 0 saturated heterocycles. The van der Waals surface area contributed by atoms with E-state index in [0.29, 0.717) is 18.1 Å². The fraction of sp³-hybridized carbons (Fsp3) is 0.333. The Morgan fingerprint density at radius 2 is 2.29 bits per heavy atom. The Kier molecular flexibility index (Phi) is 4.78. The Hall–Kier alpha value is -2.10. The van der Waals surface area contributed by atoms with Gasteiger partial charge in [0, 0.05) is 20.5 Å². The number of carbonyl (C=O) groups excluding carboxylic acids is 1. The molecule has 0 aliphatic carbocycles. The quantitative estimate of drug-likeness (QED) is 0.880. The van der Waals surface area contributed by atoms with Crippen LogP contribution in [0.3, 0.4) is 0 Å². The van der Waals surface area contributed by atoms with Gasteiger partial charge in [-0.25, -0.2) is 4.98 Å². The van der Waals surface area contributed by atoms with Crippen LogP contribution in [-0.4, -0.2) is 34.6 Å². The first-order valence-corrected chi connectivity index (χ1v) is 7.26. The first-order valence-electron chi connectivity index (χ1n) is 6.38. The van der Waals surface area contributed by atoms with Crippen molar-refractivity contribution in [1.29, 1.82) is 0 Å². The highest BCUT2D eigenvalue weighted by Crippen LogP contribution is 2.17. The minimum absolute atomic E-state index is 0.157. The number of hydrogen-bond acceptors (Lipinski definition) is 5. The van der Waals surface area contributed by atoms with Crippen molar-refractivity contribution < 1.29 is 14.3 Å². The van der Waals surface area contributed by atoms with Crippen molar-refractivity contribution in [3.8, 4) is 11.8 Å². The predicted octanol–water partition coefficient (Wildman–Crippen LogP) is 1.97. The van der Waals surface area contributed by atoms with E-state index >= 15 is 0 Å². The number of nitrogens with zero attached hydrogens (tertiary/aromatic N) is 2. The zero-order valence-electron chi connectivity index (χ0n) is 12.1. The highest BCUT2D eigenvalue weighted by molar-refractivity contribution is 7.10. The highest BCUT2D eigenvalue weighted by atomic mass is 32.1. The van der Waals surface area contributed by atoms with Crippen molar-refractivity contribution >= 4 is 17.2 Å². The Labute approximate surface area is 127 Å². The lowest BCUT2D eigenvalue weighted by Gasteiger charge is -2.14. The van der Waals surface area contributed by atoms with E-state index in [1.807, 2.05) is 11.4 Å². The fourth-order valence-electron chi connectivity index (χ4n) is 1.90. The average Bonchev–Trinajstić information content (AvgIpc) is 3.02. The molecular formula is C15H16N2O3S. The van der Waals surface area contributed by atoms with E-state index in [1.165, 1.54) is 11.3 Å². The fourth-order valence-corrected chi connectivity index (χ4v) is 2.67. The number of oxazole rings is 1. The molecule has 0 unspecified atom stereocenters. The summed E-state index contributed by atoms with van der Waals surface area (Å²) in [5.74, 6) is 6.03. The van der Waals surface area contributed by atoms with E-state index in [2.05, 4.69) is 16.8 Å². The van der Waals surface area contributed by atoms with Crippen LogP contribution in [-0.2, 0) is 6.54 Å². The number of thiophene rings is 1. The molecule has 21 heavy (non-hydrogen) atoms. The molecule has 1 N–H and O–H groups in total. The molecule has 0 aromatic carbocycles. The van der Waals surface area contributed by atoms with Crippen LogP contribution in [0.15, 0.2) is 15.9 Å². The highest BCUT2D eigenvalue weighted by Gasteiger charge is 2.20. The molecule has 6 heteroatoms. The Bertz CT molecular complexity index is 706.